The van der Waals surface area contributed by atoms with Crippen molar-refractivity contribution < 1.29 is 28.3 Å². The van der Waals surface area contributed by atoms with Crippen molar-refractivity contribution in [2.45, 2.75) is 73.5 Å². The average molecular weight is 429 g/mol. The maximum atomic E-state index is 13.4. The quantitative estimate of drug-likeness (QED) is 0.480. The Morgan fingerprint density at radius 1 is 1.10 bits per heavy atom. The molecule has 0 aliphatic heterocycles. The topological polar surface area (TPSA) is 82.8 Å². The number of rotatable bonds is 4. The van der Waals surface area contributed by atoms with Crippen molar-refractivity contribution in [2.75, 3.05) is 0 Å². The molecule has 6 nitrogen and oxygen atoms in total. The number of Topliss-reactive ketones (excluding diaryl/α,β-unsaturated/α-hetero) is 1. The number of hydrogen-bond acceptors (Lipinski definition) is 6. The Bertz CT molecular complexity index is 965. The van der Waals surface area contributed by atoms with Gasteiger partial charge >= 0.3 is 11.9 Å². The Morgan fingerprint density at radius 2 is 1.68 bits per heavy atom. The minimum absolute atomic E-state index is 0.0677. The normalized spacial score (nSPS) is 31.0. The zero-order chi connectivity index (χ0) is 23.1. The van der Waals surface area contributed by atoms with Crippen LogP contribution in [0, 0.1) is 24.2 Å². The first-order valence-corrected chi connectivity index (χ1v) is 10.9. The molecule has 0 N–H and O–H groups in total. The highest BCUT2D eigenvalue weighted by Crippen LogP contribution is 2.60. The van der Waals surface area contributed by atoms with Gasteiger partial charge in [0.15, 0.2) is 5.76 Å². The number of hydrogen-bond donors (Lipinski definition) is 0. The number of furan rings is 1. The van der Waals surface area contributed by atoms with E-state index < -0.39 is 17.5 Å². The molecule has 0 saturated heterocycles. The molecule has 1 saturated carbocycles. The number of carbonyl (C=O) groups is 3. The van der Waals surface area contributed by atoms with Crippen LogP contribution < -0.4 is 0 Å². The maximum absolute atomic E-state index is 13.4. The van der Waals surface area contributed by atoms with E-state index in [9.17, 15) is 14.4 Å². The molecule has 0 spiro atoms. The van der Waals surface area contributed by atoms with Crippen molar-refractivity contribution in [3.8, 4) is 0 Å². The van der Waals surface area contributed by atoms with Crippen molar-refractivity contribution >= 4 is 17.7 Å². The van der Waals surface area contributed by atoms with E-state index in [2.05, 4.69) is 0 Å². The Morgan fingerprint density at radius 3 is 2.26 bits per heavy atom. The van der Waals surface area contributed by atoms with Gasteiger partial charge in [-0.25, -0.2) is 9.59 Å². The number of esters is 2. The summed E-state index contributed by atoms with van der Waals surface area (Å²) in [5, 5.41) is 0. The van der Waals surface area contributed by atoms with Gasteiger partial charge in [0.1, 0.15) is 12.2 Å². The summed E-state index contributed by atoms with van der Waals surface area (Å²) in [6.45, 7) is 12.8. The number of allylic oxidation sites excluding steroid dienone is 2. The number of fused-ring (bicyclic) bond motifs is 2. The van der Waals surface area contributed by atoms with Crippen molar-refractivity contribution in [1.29, 1.82) is 0 Å². The zero-order valence-corrected chi connectivity index (χ0v) is 19.4. The van der Waals surface area contributed by atoms with E-state index in [1.165, 1.54) is 0 Å². The van der Waals surface area contributed by atoms with Gasteiger partial charge < -0.3 is 13.9 Å². The van der Waals surface area contributed by atoms with Crippen LogP contribution in [0.3, 0.4) is 0 Å². The standard InChI is InChI=1S/C25H32O6/c1-8-13(3)23(27)30-18-11-10-17-20(26)21-19(15(5)12-29-21)22(25(17,7)16(18)6)31-24(28)14(4)9-2/h8-9,12,16-18,22H,10-11H2,1-7H3/b13-8-,14-9-/t16-,17+,18-,22+,25+/m0/s1. The van der Waals surface area contributed by atoms with Gasteiger partial charge in [0, 0.05) is 34.0 Å². The Hall–Kier alpha value is -2.63. The van der Waals surface area contributed by atoms with Crippen LogP contribution in [0.25, 0.3) is 0 Å². The average Bonchev–Trinajstić information content (AvgIpc) is 3.14. The first kappa shape index (κ1) is 23.0. The Labute approximate surface area is 183 Å². The molecule has 0 bridgehead atoms. The van der Waals surface area contributed by atoms with E-state index >= 15 is 0 Å². The summed E-state index contributed by atoms with van der Waals surface area (Å²) >= 11 is 0. The third-order valence-corrected chi connectivity index (χ3v) is 7.41. The van der Waals surface area contributed by atoms with Crippen LogP contribution in [0.15, 0.2) is 34.0 Å². The fraction of sp³-hybridized carbons (Fsp3) is 0.560. The van der Waals surface area contributed by atoms with Gasteiger partial charge in [-0.05, 0) is 53.0 Å². The molecule has 0 aromatic carbocycles. The number of carbonyl (C=O) groups excluding carboxylic acids is 3. The summed E-state index contributed by atoms with van der Waals surface area (Å²) in [5.41, 5.74) is 1.70. The van der Waals surface area contributed by atoms with Gasteiger partial charge in [-0.3, -0.25) is 4.79 Å². The minimum atomic E-state index is -0.741. The first-order valence-electron chi connectivity index (χ1n) is 10.9. The Kier molecular flexibility index (Phi) is 6.30. The predicted molar refractivity (Wildman–Crippen MR) is 115 cm³/mol. The van der Waals surface area contributed by atoms with Crippen LogP contribution >= 0.6 is 0 Å². The van der Waals surface area contributed by atoms with Gasteiger partial charge in [-0.15, -0.1) is 0 Å². The van der Waals surface area contributed by atoms with Gasteiger partial charge in [-0.1, -0.05) is 26.0 Å². The Balaban J connectivity index is 2.07. The lowest BCUT2D eigenvalue weighted by Gasteiger charge is -2.53. The van der Waals surface area contributed by atoms with Gasteiger partial charge in [0.25, 0.3) is 0 Å². The summed E-state index contributed by atoms with van der Waals surface area (Å²) in [4.78, 5) is 38.6. The van der Waals surface area contributed by atoms with E-state index in [0.29, 0.717) is 29.6 Å². The molecule has 1 heterocycles. The molecular formula is C25H32O6. The third-order valence-electron chi connectivity index (χ3n) is 7.41. The lowest BCUT2D eigenvalue weighted by atomic mass is 9.53. The van der Waals surface area contributed by atoms with Gasteiger partial charge in [0.2, 0.25) is 5.78 Å². The lowest BCUT2D eigenvalue weighted by molar-refractivity contribution is -0.178. The second-order valence-electron chi connectivity index (χ2n) is 8.98. The molecule has 2 aliphatic carbocycles. The summed E-state index contributed by atoms with van der Waals surface area (Å²) in [5.74, 6) is -1.17. The predicted octanol–water partition coefficient (Wildman–Crippen LogP) is 5.27. The largest absolute Gasteiger partial charge is 0.461 e. The molecule has 168 valence electrons. The van der Waals surface area contributed by atoms with Crippen LogP contribution in [-0.4, -0.2) is 23.8 Å². The fourth-order valence-electron chi connectivity index (χ4n) is 4.90. The van der Waals surface area contributed by atoms with E-state index in [-0.39, 0.29) is 35.5 Å². The summed E-state index contributed by atoms with van der Waals surface area (Å²) < 4.78 is 17.5. The summed E-state index contributed by atoms with van der Waals surface area (Å²) in [6, 6.07) is 0. The smallest absolute Gasteiger partial charge is 0.334 e. The van der Waals surface area contributed by atoms with Gasteiger partial charge in [-0.2, -0.15) is 0 Å². The van der Waals surface area contributed by atoms with E-state index in [1.54, 1.807) is 46.1 Å². The SMILES string of the molecule is C/C=C(/C)C(=O)O[C@H]1CC[C@@H]2C(=O)c3occ(C)c3[C@@H](OC(=O)/C(C)=C\C)[C@]2(C)[C@H]1C. The highest BCUT2D eigenvalue weighted by molar-refractivity contribution is 5.99. The lowest BCUT2D eigenvalue weighted by Crippen LogP contribution is -2.55. The van der Waals surface area contributed by atoms with Crippen LogP contribution in [0.2, 0.25) is 0 Å². The van der Waals surface area contributed by atoms with Gasteiger partial charge in [0.05, 0.1) is 6.26 Å². The molecule has 31 heavy (non-hydrogen) atoms. The molecule has 5 atom stereocenters. The molecule has 1 aromatic heterocycles. The molecule has 6 heteroatoms. The third kappa shape index (κ3) is 3.66. The second kappa shape index (κ2) is 8.48. The van der Waals surface area contributed by atoms with Crippen molar-refractivity contribution in [3.63, 3.8) is 0 Å². The summed E-state index contributed by atoms with van der Waals surface area (Å²) in [6.07, 6.45) is 5.01. The minimum Gasteiger partial charge on any atom is -0.461 e. The number of ketones is 1. The van der Waals surface area contributed by atoms with E-state index in [1.807, 2.05) is 20.8 Å². The highest BCUT2D eigenvalue weighted by Gasteiger charge is 2.61. The molecule has 2 aliphatic rings. The molecule has 0 amide bonds. The first-order chi connectivity index (χ1) is 14.6. The molecule has 3 rings (SSSR count). The van der Waals surface area contributed by atoms with Crippen LogP contribution in [-0.2, 0) is 19.1 Å². The van der Waals surface area contributed by atoms with Crippen molar-refractivity contribution in [1.82, 2.24) is 0 Å². The second-order valence-corrected chi connectivity index (χ2v) is 8.98. The molecular weight excluding hydrogens is 396 g/mol. The van der Waals surface area contributed by atoms with Crippen LogP contribution in [0.5, 0.6) is 0 Å². The highest BCUT2D eigenvalue weighted by atomic mass is 16.6. The monoisotopic (exact) mass is 428 g/mol. The molecule has 1 aromatic rings. The molecule has 0 radical (unpaired) electrons. The van der Waals surface area contributed by atoms with Crippen molar-refractivity contribution in [2.24, 2.45) is 17.3 Å². The van der Waals surface area contributed by atoms with E-state index in [4.69, 9.17) is 13.9 Å². The zero-order valence-electron chi connectivity index (χ0n) is 19.4. The van der Waals surface area contributed by atoms with Crippen LogP contribution in [0.1, 0.15) is 82.2 Å². The maximum Gasteiger partial charge on any atom is 0.334 e. The molecule has 0 unspecified atom stereocenters. The van der Waals surface area contributed by atoms with Crippen molar-refractivity contribution in [3.05, 3.63) is 46.4 Å². The van der Waals surface area contributed by atoms with Crippen LogP contribution in [0.4, 0.5) is 0 Å². The number of ether oxygens (including phenoxy) is 2. The molecule has 1 fully saturated rings. The fourth-order valence-corrected chi connectivity index (χ4v) is 4.90. The summed E-state index contributed by atoms with van der Waals surface area (Å²) in [7, 11) is 0. The van der Waals surface area contributed by atoms with E-state index in [0.717, 1.165) is 5.56 Å². The number of aryl methyl sites for hydroxylation is 1.